The van der Waals surface area contributed by atoms with E-state index in [-0.39, 0.29) is 41.9 Å². The molecule has 176 valence electrons. The molecule has 0 aliphatic heterocycles. The van der Waals surface area contributed by atoms with E-state index in [4.69, 9.17) is 11.5 Å². The third kappa shape index (κ3) is 5.04. The van der Waals surface area contributed by atoms with E-state index in [0.29, 0.717) is 59.9 Å². The molecule has 6 nitrogen and oxygen atoms in total. The molecule has 0 spiro atoms. The van der Waals surface area contributed by atoms with Gasteiger partial charge in [0.1, 0.15) is 5.78 Å². The second kappa shape index (κ2) is 11.6. The van der Waals surface area contributed by atoms with Crippen LogP contribution < -0.4 is 17.0 Å². The fourth-order valence-corrected chi connectivity index (χ4v) is 4.41. The van der Waals surface area contributed by atoms with E-state index in [9.17, 15) is 14.4 Å². The molecule has 1 aromatic heterocycles. The molecule has 1 aliphatic rings. The van der Waals surface area contributed by atoms with E-state index in [0.717, 1.165) is 18.4 Å². The van der Waals surface area contributed by atoms with Gasteiger partial charge in [-0.3, -0.25) is 14.4 Å². The summed E-state index contributed by atoms with van der Waals surface area (Å²) in [7, 11) is 0. The Morgan fingerprint density at radius 1 is 0.879 bits per heavy atom. The molecule has 1 heterocycles. The summed E-state index contributed by atoms with van der Waals surface area (Å²) < 4.78 is 1.66. The van der Waals surface area contributed by atoms with E-state index < -0.39 is 6.04 Å². The number of nitrogens with two attached hydrogens (primary N) is 2. The zero-order valence-electron chi connectivity index (χ0n) is 18.3. The van der Waals surface area contributed by atoms with Gasteiger partial charge in [0.15, 0.2) is 5.78 Å². The first-order valence-corrected chi connectivity index (χ1v) is 10.8. The number of pyridine rings is 1. The topological polar surface area (TPSA) is 108 Å². The van der Waals surface area contributed by atoms with Gasteiger partial charge in [-0.25, -0.2) is 0 Å². The maximum absolute atomic E-state index is 13.3. The molecule has 1 aliphatic carbocycles. The minimum atomic E-state index is -0.493. The summed E-state index contributed by atoms with van der Waals surface area (Å²) in [5.74, 6) is -0.0625. The minimum absolute atomic E-state index is 0. The van der Waals surface area contributed by atoms with Crippen LogP contribution in [0.4, 0.5) is 0 Å². The zero-order valence-corrected chi connectivity index (χ0v) is 19.9. The van der Waals surface area contributed by atoms with Crippen molar-refractivity contribution in [1.82, 2.24) is 4.57 Å². The molecule has 0 radical (unpaired) electrons. The summed E-state index contributed by atoms with van der Waals surface area (Å²) >= 11 is 0. The van der Waals surface area contributed by atoms with Gasteiger partial charge in [0.25, 0.3) is 5.56 Å². The number of rotatable bonds is 9. The van der Waals surface area contributed by atoms with Crippen molar-refractivity contribution < 1.29 is 9.59 Å². The number of ketones is 2. The Morgan fingerprint density at radius 2 is 1.52 bits per heavy atom. The number of hydrogen-bond donors (Lipinski definition) is 2. The van der Waals surface area contributed by atoms with Crippen LogP contribution in [0.15, 0.2) is 53.3 Å². The maximum Gasteiger partial charge on any atom is 0.258 e. The molecule has 0 amide bonds. The van der Waals surface area contributed by atoms with Crippen LogP contribution in [0, 0.1) is 0 Å². The number of halogens is 2. The monoisotopic (exact) mass is 489 g/mol. The smallest absolute Gasteiger partial charge is 0.258 e. The minimum Gasteiger partial charge on any atom is -0.330 e. The van der Waals surface area contributed by atoms with Crippen molar-refractivity contribution in [3.8, 4) is 11.3 Å². The third-order valence-electron chi connectivity index (χ3n) is 6.02. The second-order valence-corrected chi connectivity index (χ2v) is 8.06. The van der Waals surface area contributed by atoms with Crippen molar-refractivity contribution in [2.45, 2.75) is 44.7 Å². The Kier molecular flexibility index (Phi) is 9.37. The van der Waals surface area contributed by atoms with Gasteiger partial charge in [0, 0.05) is 34.9 Å². The molecular weight excluding hydrogens is 461 g/mol. The number of aromatic nitrogens is 1. The molecule has 4 N–H and O–H groups in total. The van der Waals surface area contributed by atoms with E-state index in [2.05, 4.69) is 0 Å². The van der Waals surface area contributed by atoms with Crippen molar-refractivity contribution in [2.75, 3.05) is 6.54 Å². The highest BCUT2D eigenvalue weighted by molar-refractivity contribution is 6.26. The molecule has 0 saturated carbocycles. The number of fused-ring (bicyclic) bond motifs is 5. The molecule has 1 atom stereocenters. The Labute approximate surface area is 205 Å². The lowest BCUT2D eigenvalue weighted by molar-refractivity contribution is -0.120. The Hall–Kier alpha value is -2.51. The molecule has 0 saturated heterocycles. The molecule has 33 heavy (non-hydrogen) atoms. The molecule has 0 bridgehead atoms. The second-order valence-electron chi connectivity index (χ2n) is 8.06. The molecule has 3 aromatic rings. The summed E-state index contributed by atoms with van der Waals surface area (Å²) in [5.41, 5.74) is 14.0. The SMILES string of the molecule is Cl.Cl.NCCCC[C@@H](N)C(=O)CCCn1c2c(c3ccccc3c1=O)C(=O)c1ccccc1-2. The molecular formula is C25H29Cl2N3O3. The fourth-order valence-electron chi connectivity index (χ4n) is 4.41. The first-order valence-electron chi connectivity index (χ1n) is 10.8. The van der Waals surface area contributed by atoms with Gasteiger partial charge >= 0.3 is 0 Å². The summed E-state index contributed by atoms with van der Waals surface area (Å²) in [6.45, 7) is 0.950. The van der Waals surface area contributed by atoms with E-state index in [1.807, 2.05) is 30.3 Å². The average Bonchev–Trinajstić information content (AvgIpc) is 3.09. The highest BCUT2D eigenvalue weighted by Gasteiger charge is 2.32. The Bertz CT molecular complexity index is 1220. The van der Waals surface area contributed by atoms with Crippen LogP contribution in [0.5, 0.6) is 0 Å². The quantitative estimate of drug-likeness (QED) is 0.347. The fraction of sp³-hybridized carbons (Fsp3) is 0.320. The molecule has 0 unspecified atom stereocenters. The molecule has 2 aromatic carbocycles. The number of carbonyl (C=O) groups is 2. The van der Waals surface area contributed by atoms with Crippen molar-refractivity contribution in [3.63, 3.8) is 0 Å². The number of Topliss-reactive ketones (excluding diaryl/α,β-unsaturated/α-hetero) is 1. The standard InChI is InChI=1S/C25H27N3O3.2ClH/c26-14-6-5-12-20(27)21(29)13-7-15-28-23-17-9-2-3-10-18(17)24(30)22(23)16-8-1-4-11-19(16)25(28)31;;/h1-4,8-11,20H,5-7,12-15,26-27H2;2*1H/t20-;;/m1../s1. The van der Waals surface area contributed by atoms with Crippen LogP contribution in [0.1, 0.15) is 48.0 Å². The summed E-state index contributed by atoms with van der Waals surface area (Å²) in [6, 6.07) is 14.1. The number of carbonyl (C=O) groups excluding carboxylic acids is 2. The zero-order chi connectivity index (χ0) is 22.0. The number of nitrogens with zero attached hydrogens (tertiary/aromatic N) is 1. The van der Waals surface area contributed by atoms with E-state index in [1.54, 1.807) is 22.8 Å². The van der Waals surface area contributed by atoms with E-state index >= 15 is 0 Å². The summed E-state index contributed by atoms with van der Waals surface area (Å²) in [6.07, 6.45) is 3.11. The maximum atomic E-state index is 13.3. The van der Waals surface area contributed by atoms with Gasteiger partial charge in [0.05, 0.1) is 17.3 Å². The predicted octanol–water partition coefficient (Wildman–Crippen LogP) is 3.86. The molecule has 4 rings (SSSR count). The van der Waals surface area contributed by atoms with Crippen LogP contribution in [0.2, 0.25) is 0 Å². The van der Waals surface area contributed by atoms with Crippen LogP contribution in [-0.2, 0) is 11.3 Å². The van der Waals surface area contributed by atoms with Crippen molar-refractivity contribution in [2.24, 2.45) is 11.5 Å². The van der Waals surface area contributed by atoms with Crippen molar-refractivity contribution in [3.05, 3.63) is 70.0 Å². The first kappa shape index (κ1) is 26.7. The largest absolute Gasteiger partial charge is 0.330 e. The lowest BCUT2D eigenvalue weighted by Crippen LogP contribution is -2.31. The van der Waals surface area contributed by atoms with Crippen LogP contribution >= 0.6 is 24.8 Å². The predicted molar refractivity (Wildman–Crippen MR) is 137 cm³/mol. The highest BCUT2D eigenvalue weighted by Crippen LogP contribution is 2.39. The normalized spacial score (nSPS) is 12.5. The van der Waals surface area contributed by atoms with Crippen LogP contribution in [0.25, 0.3) is 22.0 Å². The van der Waals surface area contributed by atoms with Gasteiger partial charge in [0.2, 0.25) is 0 Å². The third-order valence-corrected chi connectivity index (χ3v) is 6.02. The Balaban J connectivity index is 0.00000193. The number of unbranched alkanes of at least 4 members (excludes halogenated alkanes) is 1. The van der Waals surface area contributed by atoms with Crippen LogP contribution in [0.3, 0.4) is 0 Å². The lowest BCUT2D eigenvalue weighted by atomic mass is 10.0. The highest BCUT2D eigenvalue weighted by atomic mass is 35.5. The number of benzene rings is 2. The summed E-state index contributed by atoms with van der Waals surface area (Å²) in [5, 5.41) is 1.20. The van der Waals surface area contributed by atoms with Gasteiger partial charge in [-0.05, 0) is 31.9 Å². The number of hydrogen-bond acceptors (Lipinski definition) is 5. The molecule has 8 heteroatoms. The summed E-state index contributed by atoms with van der Waals surface area (Å²) in [4.78, 5) is 38.9. The Morgan fingerprint density at radius 3 is 2.21 bits per heavy atom. The lowest BCUT2D eigenvalue weighted by Gasteiger charge is -2.15. The first-order chi connectivity index (χ1) is 15.0. The van der Waals surface area contributed by atoms with Crippen LogP contribution in [-0.4, -0.2) is 28.7 Å². The van der Waals surface area contributed by atoms with Gasteiger partial charge in [-0.15, -0.1) is 24.8 Å². The van der Waals surface area contributed by atoms with Gasteiger partial charge in [-0.2, -0.15) is 0 Å². The van der Waals surface area contributed by atoms with E-state index in [1.165, 1.54) is 0 Å². The molecule has 0 fully saturated rings. The van der Waals surface area contributed by atoms with Crippen molar-refractivity contribution >= 4 is 47.2 Å². The van der Waals surface area contributed by atoms with Gasteiger partial charge in [-0.1, -0.05) is 48.9 Å². The van der Waals surface area contributed by atoms with Gasteiger partial charge < -0.3 is 16.0 Å². The van der Waals surface area contributed by atoms with Crippen molar-refractivity contribution in [1.29, 1.82) is 0 Å². The average molecular weight is 490 g/mol.